The molecule has 1 atom stereocenters. The fourth-order valence-corrected chi connectivity index (χ4v) is 4.68. The number of likely N-dealkylation sites (N-methyl/N-ethyl adjacent to an activating group) is 1. The number of nitrogens with zero attached hydrogens (tertiary/aromatic N) is 2. The molecule has 1 N–H and O–H groups in total. The average Bonchev–Trinajstić information content (AvgIpc) is 2.79. The van der Waals surface area contributed by atoms with Crippen LogP contribution in [0.15, 0.2) is 66.7 Å². The zero-order chi connectivity index (χ0) is 24.2. The normalized spacial score (nSPS) is 12.2. The predicted octanol–water partition coefficient (Wildman–Crippen LogP) is 3.08. The molecule has 0 spiro atoms. The van der Waals surface area contributed by atoms with Gasteiger partial charge in [0.15, 0.2) is 0 Å². The van der Waals surface area contributed by atoms with Gasteiger partial charge in [0, 0.05) is 19.0 Å². The average molecular weight is 468 g/mol. The van der Waals surface area contributed by atoms with Gasteiger partial charge in [0.1, 0.15) is 12.6 Å². The molecule has 0 aliphatic rings. The van der Waals surface area contributed by atoms with Crippen molar-refractivity contribution in [3.8, 4) is 0 Å². The Morgan fingerprint density at radius 2 is 1.67 bits per heavy atom. The van der Waals surface area contributed by atoms with Gasteiger partial charge in [-0.05, 0) is 30.9 Å². The van der Waals surface area contributed by atoms with Crippen LogP contribution >= 0.6 is 0 Å². The first-order valence-corrected chi connectivity index (χ1v) is 12.5. The molecule has 3 rings (SSSR count). The Kier molecular flexibility index (Phi) is 7.38. The number of aryl methyl sites for hydroxylation is 1. The van der Waals surface area contributed by atoms with Crippen LogP contribution in [-0.4, -0.2) is 51.0 Å². The SMILES string of the molecule is CNC(=O)[C@@H](C)N(Cc1cccc(C)c1)C(=O)CN(c1cccc2ccccc12)S(C)(=O)=O. The van der Waals surface area contributed by atoms with Crippen molar-refractivity contribution in [1.82, 2.24) is 10.2 Å². The van der Waals surface area contributed by atoms with E-state index in [4.69, 9.17) is 0 Å². The first-order valence-electron chi connectivity index (χ1n) is 10.6. The summed E-state index contributed by atoms with van der Waals surface area (Å²) >= 11 is 0. The highest BCUT2D eigenvalue weighted by atomic mass is 32.2. The molecular weight excluding hydrogens is 438 g/mol. The number of nitrogens with one attached hydrogen (secondary N) is 1. The lowest BCUT2D eigenvalue weighted by atomic mass is 10.1. The minimum Gasteiger partial charge on any atom is -0.357 e. The second-order valence-electron chi connectivity index (χ2n) is 8.07. The molecule has 0 saturated carbocycles. The van der Waals surface area contributed by atoms with Gasteiger partial charge in [-0.3, -0.25) is 13.9 Å². The van der Waals surface area contributed by atoms with Gasteiger partial charge in [-0.25, -0.2) is 8.42 Å². The summed E-state index contributed by atoms with van der Waals surface area (Å²) in [5, 5.41) is 4.16. The molecule has 2 amide bonds. The summed E-state index contributed by atoms with van der Waals surface area (Å²) < 4.78 is 26.7. The Morgan fingerprint density at radius 3 is 2.33 bits per heavy atom. The first-order chi connectivity index (χ1) is 15.6. The summed E-state index contributed by atoms with van der Waals surface area (Å²) in [4.78, 5) is 27.3. The second kappa shape index (κ2) is 10.0. The van der Waals surface area contributed by atoms with Crippen LogP contribution < -0.4 is 9.62 Å². The minimum atomic E-state index is -3.78. The summed E-state index contributed by atoms with van der Waals surface area (Å²) in [6.07, 6.45) is 1.08. The van der Waals surface area contributed by atoms with Crippen molar-refractivity contribution in [2.24, 2.45) is 0 Å². The first kappa shape index (κ1) is 24.3. The highest BCUT2D eigenvalue weighted by Gasteiger charge is 2.30. The number of carbonyl (C=O) groups excluding carboxylic acids is 2. The van der Waals surface area contributed by atoms with Crippen LogP contribution in [-0.2, 0) is 26.2 Å². The van der Waals surface area contributed by atoms with Gasteiger partial charge in [0.25, 0.3) is 0 Å². The lowest BCUT2D eigenvalue weighted by molar-refractivity contribution is -0.139. The maximum Gasteiger partial charge on any atom is 0.244 e. The highest BCUT2D eigenvalue weighted by Crippen LogP contribution is 2.28. The Labute approximate surface area is 195 Å². The number of anilines is 1. The zero-order valence-electron chi connectivity index (χ0n) is 19.3. The molecule has 0 aromatic heterocycles. The lowest BCUT2D eigenvalue weighted by Crippen LogP contribution is -2.50. The van der Waals surface area contributed by atoms with Gasteiger partial charge >= 0.3 is 0 Å². The topological polar surface area (TPSA) is 86.8 Å². The third-order valence-electron chi connectivity index (χ3n) is 5.56. The van der Waals surface area contributed by atoms with Crippen molar-refractivity contribution >= 4 is 38.3 Å². The fraction of sp³-hybridized carbons (Fsp3) is 0.280. The van der Waals surface area contributed by atoms with Crippen molar-refractivity contribution in [2.45, 2.75) is 26.4 Å². The summed E-state index contributed by atoms with van der Waals surface area (Å²) in [5.74, 6) is -0.793. The molecule has 0 saturated heterocycles. The van der Waals surface area contributed by atoms with E-state index in [1.165, 1.54) is 11.9 Å². The highest BCUT2D eigenvalue weighted by molar-refractivity contribution is 7.92. The standard InChI is InChI=1S/C25H29N3O4S/c1-18-9-7-10-20(15-18)16-27(19(2)25(30)26-3)24(29)17-28(33(4,31)32)23-14-8-12-21-11-5-6-13-22(21)23/h5-15,19H,16-17H2,1-4H3,(H,26,30)/t19-/m1/s1. The number of hydrogen-bond acceptors (Lipinski definition) is 4. The van der Waals surface area contributed by atoms with Gasteiger partial charge in [0.2, 0.25) is 21.8 Å². The molecule has 0 bridgehead atoms. The van der Waals surface area contributed by atoms with E-state index in [-0.39, 0.29) is 12.5 Å². The number of rotatable bonds is 8. The van der Waals surface area contributed by atoms with Crippen LogP contribution in [0.4, 0.5) is 5.69 Å². The summed E-state index contributed by atoms with van der Waals surface area (Å²) in [6.45, 7) is 3.35. The van der Waals surface area contributed by atoms with E-state index < -0.39 is 28.5 Å². The molecular formula is C25H29N3O4S. The van der Waals surface area contributed by atoms with Crippen LogP contribution in [0.5, 0.6) is 0 Å². The van der Waals surface area contributed by atoms with Crippen molar-refractivity contribution < 1.29 is 18.0 Å². The number of benzene rings is 3. The maximum atomic E-state index is 13.5. The molecule has 0 unspecified atom stereocenters. The third-order valence-corrected chi connectivity index (χ3v) is 6.69. The van der Waals surface area contributed by atoms with E-state index in [2.05, 4.69) is 5.32 Å². The molecule has 0 radical (unpaired) electrons. The predicted molar refractivity (Wildman–Crippen MR) is 131 cm³/mol. The molecule has 0 fully saturated rings. The Bertz CT molecular complexity index is 1270. The van der Waals surface area contributed by atoms with Crippen molar-refractivity contribution in [3.63, 3.8) is 0 Å². The molecule has 0 heterocycles. The summed E-state index contributed by atoms with van der Waals surface area (Å²) in [5.41, 5.74) is 2.31. The van der Waals surface area contributed by atoms with E-state index in [9.17, 15) is 18.0 Å². The number of sulfonamides is 1. The molecule has 7 nitrogen and oxygen atoms in total. The fourth-order valence-electron chi connectivity index (χ4n) is 3.82. The monoisotopic (exact) mass is 467 g/mol. The third kappa shape index (κ3) is 5.70. The van der Waals surface area contributed by atoms with Crippen molar-refractivity contribution in [3.05, 3.63) is 77.9 Å². The van der Waals surface area contributed by atoms with Gasteiger partial charge in [-0.2, -0.15) is 0 Å². The van der Waals surface area contributed by atoms with E-state index in [0.29, 0.717) is 5.69 Å². The van der Waals surface area contributed by atoms with Gasteiger partial charge in [-0.15, -0.1) is 0 Å². The number of carbonyl (C=O) groups is 2. The lowest BCUT2D eigenvalue weighted by Gasteiger charge is -2.31. The second-order valence-corrected chi connectivity index (χ2v) is 9.98. The summed E-state index contributed by atoms with van der Waals surface area (Å²) in [7, 11) is -2.28. The van der Waals surface area contributed by atoms with E-state index >= 15 is 0 Å². The zero-order valence-corrected chi connectivity index (χ0v) is 20.1. The molecule has 3 aromatic rings. The van der Waals surface area contributed by atoms with Crippen molar-refractivity contribution in [2.75, 3.05) is 24.2 Å². The van der Waals surface area contributed by atoms with Crippen LogP contribution in [0.25, 0.3) is 10.8 Å². The largest absolute Gasteiger partial charge is 0.357 e. The Balaban J connectivity index is 2.00. The molecule has 33 heavy (non-hydrogen) atoms. The molecule has 0 aliphatic heterocycles. The summed E-state index contributed by atoms with van der Waals surface area (Å²) in [6, 6.07) is 19.6. The van der Waals surface area contributed by atoms with Gasteiger partial charge in [0.05, 0.1) is 11.9 Å². The van der Waals surface area contributed by atoms with E-state index in [1.807, 2.05) is 61.5 Å². The number of hydrogen-bond donors (Lipinski definition) is 1. The van der Waals surface area contributed by atoms with Crippen LogP contribution in [0.2, 0.25) is 0 Å². The maximum absolute atomic E-state index is 13.5. The minimum absolute atomic E-state index is 0.183. The molecule has 3 aromatic carbocycles. The van der Waals surface area contributed by atoms with Crippen LogP contribution in [0.1, 0.15) is 18.1 Å². The number of fused-ring (bicyclic) bond motifs is 1. The van der Waals surface area contributed by atoms with Gasteiger partial charge in [-0.1, -0.05) is 66.2 Å². The van der Waals surface area contributed by atoms with Gasteiger partial charge < -0.3 is 10.2 Å². The van der Waals surface area contributed by atoms with Crippen LogP contribution in [0, 0.1) is 6.92 Å². The molecule has 174 valence electrons. The number of amides is 2. The van der Waals surface area contributed by atoms with E-state index in [0.717, 1.165) is 32.5 Å². The van der Waals surface area contributed by atoms with Crippen LogP contribution in [0.3, 0.4) is 0 Å². The molecule has 8 heteroatoms. The smallest absolute Gasteiger partial charge is 0.244 e. The Hall–Kier alpha value is -3.39. The van der Waals surface area contributed by atoms with Crippen molar-refractivity contribution in [1.29, 1.82) is 0 Å². The van der Waals surface area contributed by atoms with E-state index in [1.54, 1.807) is 19.1 Å². The Morgan fingerprint density at radius 1 is 1.00 bits per heavy atom. The molecule has 0 aliphatic carbocycles. The quantitative estimate of drug-likeness (QED) is 0.552.